The summed E-state index contributed by atoms with van der Waals surface area (Å²) >= 11 is 1.84. The van der Waals surface area contributed by atoms with E-state index in [0.29, 0.717) is 6.04 Å². The van der Waals surface area contributed by atoms with E-state index >= 15 is 0 Å². The molecule has 4 rings (SSSR count). The molecular weight excluding hydrogens is 332 g/mol. The molecular formula is C19H26N4OS. The fourth-order valence-electron chi connectivity index (χ4n) is 3.57. The van der Waals surface area contributed by atoms with Crippen LogP contribution in [0.15, 0.2) is 36.5 Å². The van der Waals surface area contributed by atoms with Gasteiger partial charge >= 0.3 is 0 Å². The highest BCUT2D eigenvalue weighted by atomic mass is 32.1. The number of anilines is 2. The second-order valence-corrected chi connectivity index (χ2v) is 7.90. The van der Waals surface area contributed by atoms with Gasteiger partial charge in [-0.15, -0.1) is 11.3 Å². The summed E-state index contributed by atoms with van der Waals surface area (Å²) in [5.74, 6) is 0. The van der Waals surface area contributed by atoms with Crippen molar-refractivity contribution in [2.75, 3.05) is 55.7 Å². The maximum absolute atomic E-state index is 5.43. The van der Waals surface area contributed by atoms with Crippen LogP contribution in [0.25, 0.3) is 0 Å². The van der Waals surface area contributed by atoms with Gasteiger partial charge < -0.3 is 14.5 Å². The molecule has 0 radical (unpaired) electrons. The van der Waals surface area contributed by atoms with Crippen LogP contribution in [0.5, 0.6) is 0 Å². The Morgan fingerprint density at radius 1 is 1.08 bits per heavy atom. The van der Waals surface area contributed by atoms with E-state index in [1.54, 1.807) is 0 Å². The minimum atomic E-state index is 0.544. The zero-order valence-corrected chi connectivity index (χ0v) is 15.6. The van der Waals surface area contributed by atoms with Crippen molar-refractivity contribution in [1.29, 1.82) is 0 Å². The maximum Gasteiger partial charge on any atom is 0.185 e. The summed E-state index contributed by atoms with van der Waals surface area (Å²) in [5, 5.41) is 1.15. The minimum Gasteiger partial charge on any atom is -0.378 e. The number of nitrogens with zero attached hydrogens (tertiary/aromatic N) is 4. The summed E-state index contributed by atoms with van der Waals surface area (Å²) in [5.41, 5.74) is 1.33. The number of hydrogen-bond donors (Lipinski definition) is 0. The predicted octanol–water partition coefficient (Wildman–Crippen LogP) is 2.69. The molecule has 2 aromatic rings. The smallest absolute Gasteiger partial charge is 0.185 e. The minimum absolute atomic E-state index is 0.544. The first kappa shape index (κ1) is 16.8. The molecule has 0 bridgehead atoms. The van der Waals surface area contributed by atoms with Crippen LogP contribution >= 0.6 is 11.3 Å². The molecule has 134 valence electrons. The second-order valence-electron chi connectivity index (χ2n) is 6.81. The van der Waals surface area contributed by atoms with E-state index in [2.05, 4.69) is 63.1 Å². The summed E-state index contributed by atoms with van der Waals surface area (Å²) in [4.78, 5) is 13.4. The fourth-order valence-corrected chi connectivity index (χ4v) is 4.56. The summed E-state index contributed by atoms with van der Waals surface area (Å²) in [6.07, 6.45) is 2.06. The van der Waals surface area contributed by atoms with E-state index in [-0.39, 0.29) is 0 Å². The molecule has 6 heteroatoms. The number of para-hydroxylation sites is 1. The van der Waals surface area contributed by atoms with Gasteiger partial charge in [-0.2, -0.15) is 0 Å². The van der Waals surface area contributed by atoms with Gasteiger partial charge in [-0.1, -0.05) is 18.2 Å². The lowest BCUT2D eigenvalue weighted by molar-refractivity contribution is 0.122. The van der Waals surface area contributed by atoms with Crippen LogP contribution < -0.4 is 9.80 Å². The van der Waals surface area contributed by atoms with Crippen molar-refractivity contribution in [3.63, 3.8) is 0 Å². The van der Waals surface area contributed by atoms with Gasteiger partial charge in [0.1, 0.15) is 0 Å². The third-order valence-electron chi connectivity index (χ3n) is 5.07. The lowest BCUT2D eigenvalue weighted by Gasteiger charge is -2.40. The van der Waals surface area contributed by atoms with Crippen molar-refractivity contribution >= 4 is 22.2 Å². The molecule has 1 aromatic carbocycles. The zero-order chi connectivity index (χ0) is 17.1. The first-order valence-electron chi connectivity index (χ1n) is 9.11. The van der Waals surface area contributed by atoms with Crippen LogP contribution in [0.2, 0.25) is 0 Å². The molecule has 2 aliphatic heterocycles. The van der Waals surface area contributed by atoms with Gasteiger partial charge in [0, 0.05) is 62.1 Å². The van der Waals surface area contributed by atoms with Crippen molar-refractivity contribution in [3.05, 3.63) is 41.4 Å². The van der Waals surface area contributed by atoms with Crippen molar-refractivity contribution in [2.45, 2.75) is 19.5 Å². The first-order valence-corrected chi connectivity index (χ1v) is 9.93. The zero-order valence-electron chi connectivity index (χ0n) is 14.8. The molecule has 1 atom stereocenters. The molecule has 0 spiro atoms. The Morgan fingerprint density at radius 3 is 2.64 bits per heavy atom. The molecule has 25 heavy (non-hydrogen) atoms. The van der Waals surface area contributed by atoms with E-state index in [9.17, 15) is 0 Å². The number of rotatable bonds is 4. The van der Waals surface area contributed by atoms with Gasteiger partial charge in [0.2, 0.25) is 0 Å². The SMILES string of the molecule is CC1CN(c2ccccc2)CCN1Cc1cnc(N2CCOCC2)s1. The lowest BCUT2D eigenvalue weighted by Crippen LogP contribution is -2.51. The normalized spacial score (nSPS) is 22.4. The first-order chi connectivity index (χ1) is 12.3. The average Bonchev–Trinajstić information content (AvgIpc) is 3.13. The van der Waals surface area contributed by atoms with Crippen molar-refractivity contribution in [1.82, 2.24) is 9.88 Å². The van der Waals surface area contributed by atoms with Crippen LogP contribution in [0.3, 0.4) is 0 Å². The van der Waals surface area contributed by atoms with Crippen LogP contribution in [0.1, 0.15) is 11.8 Å². The highest BCUT2D eigenvalue weighted by Gasteiger charge is 2.24. The third kappa shape index (κ3) is 3.97. The van der Waals surface area contributed by atoms with Crippen molar-refractivity contribution in [2.24, 2.45) is 0 Å². The van der Waals surface area contributed by atoms with E-state index in [0.717, 1.165) is 57.6 Å². The molecule has 1 aromatic heterocycles. The number of morpholine rings is 1. The quantitative estimate of drug-likeness (QED) is 0.839. The van der Waals surface area contributed by atoms with Crippen LogP contribution in [0.4, 0.5) is 10.8 Å². The van der Waals surface area contributed by atoms with E-state index < -0.39 is 0 Å². The number of benzene rings is 1. The van der Waals surface area contributed by atoms with Crippen LogP contribution in [0, 0.1) is 0 Å². The van der Waals surface area contributed by atoms with Gasteiger partial charge in [0.25, 0.3) is 0 Å². The van der Waals surface area contributed by atoms with Crippen molar-refractivity contribution < 1.29 is 4.74 Å². The van der Waals surface area contributed by atoms with E-state index in [1.165, 1.54) is 10.6 Å². The Balaban J connectivity index is 1.35. The molecule has 0 saturated carbocycles. The molecule has 2 fully saturated rings. The van der Waals surface area contributed by atoms with E-state index in [4.69, 9.17) is 4.74 Å². The molecule has 0 amide bonds. The topological polar surface area (TPSA) is 31.8 Å². The van der Waals surface area contributed by atoms with Crippen LogP contribution in [-0.4, -0.2) is 61.9 Å². The molecule has 2 aliphatic rings. The molecule has 1 unspecified atom stereocenters. The Hall–Kier alpha value is -1.63. The van der Waals surface area contributed by atoms with Gasteiger partial charge in [-0.05, 0) is 19.1 Å². The third-order valence-corrected chi connectivity index (χ3v) is 6.11. The number of thiazole rings is 1. The second kappa shape index (κ2) is 7.72. The van der Waals surface area contributed by atoms with Crippen molar-refractivity contribution in [3.8, 4) is 0 Å². The molecule has 0 N–H and O–H groups in total. The van der Waals surface area contributed by atoms with Crippen LogP contribution in [-0.2, 0) is 11.3 Å². The maximum atomic E-state index is 5.43. The Morgan fingerprint density at radius 2 is 1.88 bits per heavy atom. The Labute approximate surface area is 153 Å². The Kier molecular flexibility index (Phi) is 5.20. The van der Waals surface area contributed by atoms with Gasteiger partial charge in [-0.25, -0.2) is 4.98 Å². The molecule has 0 aliphatic carbocycles. The highest BCUT2D eigenvalue weighted by molar-refractivity contribution is 7.15. The number of hydrogen-bond acceptors (Lipinski definition) is 6. The van der Waals surface area contributed by atoms with Gasteiger partial charge in [0.05, 0.1) is 13.2 Å². The monoisotopic (exact) mass is 358 g/mol. The van der Waals surface area contributed by atoms with Gasteiger partial charge in [-0.3, -0.25) is 4.90 Å². The molecule has 2 saturated heterocycles. The molecule has 3 heterocycles. The number of aromatic nitrogens is 1. The summed E-state index contributed by atoms with van der Waals surface area (Å²) < 4.78 is 5.43. The van der Waals surface area contributed by atoms with Gasteiger partial charge in [0.15, 0.2) is 5.13 Å². The average molecular weight is 359 g/mol. The summed E-state index contributed by atoms with van der Waals surface area (Å²) in [6, 6.07) is 11.3. The fraction of sp³-hybridized carbons (Fsp3) is 0.526. The Bertz CT molecular complexity index is 671. The summed E-state index contributed by atoms with van der Waals surface area (Å²) in [6.45, 7) is 10.1. The molecule has 5 nitrogen and oxygen atoms in total. The number of ether oxygens (including phenoxy) is 1. The summed E-state index contributed by atoms with van der Waals surface area (Å²) in [7, 11) is 0. The van der Waals surface area contributed by atoms with E-state index in [1.807, 2.05) is 11.3 Å². The lowest BCUT2D eigenvalue weighted by atomic mass is 10.1. The highest BCUT2D eigenvalue weighted by Crippen LogP contribution is 2.26. The predicted molar refractivity (Wildman–Crippen MR) is 104 cm³/mol. The number of piperazine rings is 1. The standard InChI is InChI=1S/C19H26N4OS/c1-16-14-23(17-5-3-2-4-6-17)8-7-22(16)15-18-13-20-19(25-18)21-9-11-24-12-10-21/h2-6,13,16H,7-12,14-15H2,1H3. The largest absolute Gasteiger partial charge is 0.378 e.